The highest BCUT2D eigenvalue weighted by molar-refractivity contribution is 7.13. The van der Waals surface area contributed by atoms with Crippen LogP contribution in [0, 0.1) is 19.8 Å². The molecule has 3 aromatic rings. The first kappa shape index (κ1) is 21.2. The van der Waals surface area contributed by atoms with Crippen molar-refractivity contribution < 1.29 is 4.79 Å². The highest BCUT2D eigenvalue weighted by Gasteiger charge is 2.23. The minimum Gasteiger partial charge on any atom is -0.339 e. The van der Waals surface area contributed by atoms with Gasteiger partial charge < -0.3 is 10.2 Å². The van der Waals surface area contributed by atoms with Gasteiger partial charge in [-0.2, -0.15) is 5.10 Å². The van der Waals surface area contributed by atoms with Crippen LogP contribution in [0.4, 0.5) is 10.9 Å². The Hall–Kier alpha value is -3.07. The molecule has 0 spiro atoms. The predicted octanol–water partition coefficient (Wildman–Crippen LogP) is 3.52. The van der Waals surface area contributed by atoms with E-state index in [0.29, 0.717) is 5.92 Å². The van der Waals surface area contributed by atoms with Gasteiger partial charge in [0.15, 0.2) is 5.13 Å². The Morgan fingerprint density at radius 2 is 2.19 bits per heavy atom. The molecular formula is C22H27N7OS. The Bertz CT molecular complexity index is 1070. The van der Waals surface area contributed by atoms with E-state index in [4.69, 9.17) is 0 Å². The molecule has 1 aliphatic heterocycles. The molecule has 9 heteroatoms. The van der Waals surface area contributed by atoms with Gasteiger partial charge in [-0.05, 0) is 45.1 Å². The second-order valence-electron chi connectivity index (χ2n) is 7.89. The fourth-order valence-electron chi connectivity index (χ4n) is 3.99. The number of carbonyl (C=O) groups is 1. The van der Waals surface area contributed by atoms with E-state index >= 15 is 0 Å². The van der Waals surface area contributed by atoms with Crippen LogP contribution in [0.25, 0.3) is 6.08 Å². The molecule has 1 amide bonds. The fraction of sp³-hybridized carbons (Fsp3) is 0.409. The van der Waals surface area contributed by atoms with E-state index in [1.54, 1.807) is 18.6 Å². The van der Waals surface area contributed by atoms with Crippen LogP contribution >= 0.6 is 11.3 Å². The van der Waals surface area contributed by atoms with Crippen LogP contribution < -0.4 is 5.32 Å². The van der Waals surface area contributed by atoms with E-state index in [1.807, 2.05) is 48.0 Å². The second-order valence-corrected chi connectivity index (χ2v) is 8.79. The minimum absolute atomic E-state index is 0.0566. The molecule has 1 saturated heterocycles. The maximum atomic E-state index is 12.8. The van der Waals surface area contributed by atoms with Gasteiger partial charge in [0, 0.05) is 60.8 Å². The number of anilines is 2. The lowest BCUT2D eigenvalue weighted by Crippen LogP contribution is -2.39. The molecule has 0 bridgehead atoms. The van der Waals surface area contributed by atoms with Crippen molar-refractivity contribution >= 4 is 34.3 Å². The third kappa shape index (κ3) is 5.16. The van der Waals surface area contributed by atoms with Crippen LogP contribution in [0.2, 0.25) is 0 Å². The third-order valence-electron chi connectivity index (χ3n) is 5.68. The van der Waals surface area contributed by atoms with E-state index in [9.17, 15) is 4.79 Å². The molecule has 0 saturated carbocycles. The van der Waals surface area contributed by atoms with Gasteiger partial charge >= 0.3 is 0 Å². The number of rotatable bonds is 6. The summed E-state index contributed by atoms with van der Waals surface area (Å²) in [5.74, 6) is 1.19. The van der Waals surface area contributed by atoms with Gasteiger partial charge in [-0.1, -0.05) is 0 Å². The van der Waals surface area contributed by atoms with Gasteiger partial charge in [-0.15, -0.1) is 11.3 Å². The monoisotopic (exact) mass is 437 g/mol. The van der Waals surface area contributed by atoms with Crippen LogP contribution in [0.15, 0.2) is 30.0 Å². The average molecular weight is 438 g/mol. The number of nitrogens with zero attached hydrogens (tertiary/aromatic N) is 6. The number of hydrogen-bond acceptors (Lipinski definition) is 7. The molecule has 3 aromatic heterocycles. The van der Waals surface area contributed by atoms with E-state index in [0.717, 1.165) is 65.9 Å². The summed E-state index contributed by atoms with van der Waals surface area (Å²) in [6.07, 6.45) is 9.83. The Morgan fingerprint density at radius 3 is 2.94 bits per heavy atom. The normalized spacial score (nSPS) is 16.7. The van der Waals surface area contributed by atoms with Crippen molar-refractivity contribution in [1.82, 2.24) is 29.6 Å². The number of carbonyl (C=O) groups excluding carboxylic acids is 1. The van der Waals surface area contributed by atoms with Gasteiger partial charge in [-0.3, -0.25) is 9.48 Å². The van der Waals surface area contributed by atoms with Gasteiger partial charge in [0.05, 0.1) is 5.69 Å². The Kier molecular flexibility index (Phi) is 6.41. The lowest BCUT2D eigenvalue weighted by molar-refractivity contribution is -0.127. The lowest BCUT2D eigenvalue weighted by Gasteiger charge is -2.32. The molecule has 1 fully saturated rings. The van der Waals surface area contributed by atoms with E-state index in [1.165, 1.54) is 11.3 Å². The molecule has 8 nitrogen and oxygen atoms in total. The van der Waals surface area contributed by atoms with Crippen LogP contribution in [0.3, 0.4) is 0 Å². The Labute approximate surface area is 186 Å². The van der Waals surface area contributed by atoms with Crippen molar-refractivity contribution in [2.45, 2.75) is 33.1 Å². The standard InChI is InChI=1S/C22H27N7OS/c1-15-19(16(2)28(3)27-15)6-7-21(30)29-9-4-5-17(13-29)11-18-12-20(25-14-24-18)26-22-23-8-10-31-22/h6-8,10,12,14,17H,4-5,9,11,13H2,1-3H3,(H,23,24,25,26)/b7-6+/t17-/m1/s1. The van der Waals surface area contributed by atoms with Crippen molar-refractivity contribution in [3.05, 3.63) is 52.7 Å². The van der Waals surface area contributed by atoms with Crippen LogP contribution in [0.5, 0.6) is 0 Å². The van der Waals surface area contributed by atoms with E-state index in [2.05, 4.69) is 25.4 Å². The maximum Gasteiger partial charge on any atom is 0.246 e. The zero-order valence-corrected chi connectivity index (χ0v) is 18.9. The fourth-order valence-corrected chi connectivity index (χ4v) is 4.53. The highest BCUT2D eigenvalue weighted by Crippen LogP contribution is 2.23. The minimum atomic E-state index is 0.0566. The first-order valence-electron chi connectivity index (χ1n) is 10.4. The number of amides is 1. The van der Waals surface area contributed by atoms with Crippen molar-refractivity contribution in [3.63, 3.8) is 0 Å². The van der Waals surface area contributed by atoms with Crippen molar-refractivity contribution in [3.8, 4) is 0 Å². The Morgan fingerprint density at radius 1 is 1.32 bits per heavy atom. The molecule has 0 radical (unpaired) electrons. The van der Waals surface area contributed by atoms with Gasteiger partial charge in [0.2, 0.25) is 5.91 Å². The van der Waals surface area contributed by atoms with Crippen molar-refractivity contribution in [2.24, 2.45) is 13.0 Å². The molecule has 1 aliphatic rings. The molecular weight excluding hydrogens is 410 g/mol. The molecule has 1 N–H and O–H groups in total. The predicted molar refractivity (Wildman–Crippen MR) is 122 cm³/mol. The second kappa shape index (κ2) is 9.38. The average Bonchev–Trinajstić information content (AvgIpc) is 3.35. The highest BCUT2D eigenvalue weighted by atomic mass is 32.1. The molecule has 31 heavy (non-hydrogen) atoms. The molecule has 0 aliphatic carbocycles. The molecule has 4 rings (SSSR count). The first-order valence-corrected chi connectivity index (χ1v) is 11.3. The largest absolute Gasteiger partial charge is 0.339 e. The quantitative estimate of drug-likeness (QED) is 0.594. The summed E-state index contributed by atoms with van der Waals surface area (Å²) in [6, 6.07) is 1.97. The molecule has 0 aromatic carbocycles. The number of nitrogens with one attached hydrogen (secondary N) is 1. The van der Waals surface area contributed by atoms with Crippen molar-refractivity contribution in [1.29, 1.82) is 0 Å². The van der Waals surface area contributed by atoms with E-state index in [-0.39, 0.29) is 5.91 Å². The smallest absolute Gasteiger partial charge is 0.246 e. The van der Waals surface area contributed by atoms with Crippen molar-refractivity contribution in [2.75, 3.05) is 18.4 Å². The number of aromatic nitrogens is 5. The summed E-state index contributed by atoms with van der Waals surface area (Å²) in [6.45, 7) is 5.52. The topological polar surface area (TPSA) is 88.8 Å². The molecule has 1 atom stereocenters. The number of hydrogen-bond donors (Lipinski definition) is 1. The zero-order chi connectivity index (χ0) is 21.8. The summed E-state index contributed by atoms with van der Waals surface area (Å²) in [5, 5.41) is 10.3. The lowest BCUT2D eigenvalue weighted by atomic mass is 9.93. The summed E-state index contributed by atoms with van der Waals surface area (Å²) >= 11 is 1.53. The SMILES string of the molecule is Cc1nn(C)c(C)c1/C=C/C(=O)N1CCC[C@H](Cc2cc(Nc3nccs3)ncn2)C1. The molecule has 162 valence electrons. The zero-order valence-electron chi connectivity index (χ0n) is 18.1. The van der Waals surface area contributed by atoms with Gasteiger partial charge in [0.1, 0.15) is 12.1 Å². The third-order valence-corrected chi connectivity index (χ3v) is 6.37. The first-order chi connectivity index (χ1) is 15.0. The number of aryl methyl sites for hydroxylation is 2. The van der Waals surface area contributed by atoms with Gasteiger partial charge in [-0.25, -0.2) is 15.0 Å². The number of thiazole rings is 1. The molecule has 4 heterocycles. The van der Waals surface area contributed by atoms with Crippen LogP contribution in [-0.2, 0) is 18.3 Å². The van der Waals surface area contributed by atoms with Crippen LogP contribution in [0.1, 0.15) is 35.5 Å². The maximum absolute atomic E-state index is 12.8. The molecule has 0 unspecified atom stereocenters. The van der Waals surface area contributed by atoms with E-state index < -0.39 is 0 Å². The number of piperidine rings is 1. The van der Waals surface area contributed by atoms with Gasteiger partial charge in [0.25, 0.3) is 0 Å². The summed E-state index contributed by atoms with van der Waals surface area (Å²) in [7, 11) is 1.92. The Balaban J connectivity index is 1.37. The summed E-state index contributed by atoms with van der Waals surface area (Å²) < 4.78 is 1.84. The summed E-state index contributed by atoms with van der Waals surface area (Å²) in [5.41, 5.74) is 3.99. The summed E-state index contributed by atoms with van der Waals surface area (Å²) in [4.78, 5) is 27.7. The number of likely N-dealkylation sites (tertiary alicyclic amines) is 1. The van der Waals surface area contributed by atoms with Crippen LogP contribution in [-0.4, -0.2) is 48.6 Å².